The van der Waals surface area contributed by atoms with E-state index in [0.29, 0.717) is 5.56 Å². The minimum Gasteiger partial charge on any atom is -0.508 e. The molecule has 3 aromatic carbocycles. The van der Waals surface area contributed by atoms with Crippen LogP contribution in [0.25, 0.3) is 0 Å². The molecule has 0 saturated heterocycles. The van der Waals surface area contributed by atoms with E-state index in [1.54, 1.807) is 31.2 Å². The van der Waals surface area contributed by atoms with Crippen LogP contribution in [0.4, 0.5) is 0 Å². The lowest BCUT2D eigenvalue weighted by molar-refractivity contribution is 0.101. The van der Waals surface area contributed by atoms with Gasteiger partial charge in [0.2, 0.25) is 0 Å². The summed E-state index contributed by atoms with van der Waals surface area (Å²) in [5, 5.41) is 19.3. The number of phenols is 2. The zero-order valence-electron chi connectivity index (χ0n) is 14.2. The number of aromatic hydroxyl groups is 2. The number of phenolic OH excluding ortho intramolecular Hbond substituents is 2. The summed E-state index contributed by atoms with van der Waals surface area (Å²) in [5.74, 6) is 0.382. The van der Waals surface area contributed by atoms with Gasteiger partial charge in [-0.15, -0.1) is 0 Å². The van der Waals surface area contributed by atoms with Crippen molar-refractivity contribution in [1.29, 1.82) is 0 Å². The van der Waals surface area contributed by atoms with E-state index in [1.807, 2.05) is 55.5 Å². The van der Waals surface area contributed by atoms with Gasteiger partial charge >= 0.3 is 0 Å². The summed E-state index contributed by atoms with van der Waals surface area (Å²) in [4.78, 5) is 12.2. The Morgan fingerprint density at radius 2 is 1.20 bits per heavy atom. The van der Waals surface area contributed by atoms with E-state index in [4.69, 9.17) is 0 Å². The number of carbonyl (C=O) groups is 1. The lowest BCUT2D eigenvalue weighted by Crippen LogP contribution is -2.27. The van der Waals surface area contributed by atoms with Crippen LogP contribution in [0, 0.1) is 0 Å². The van der Waals surface area contributed by atoms with E-state index in [-0.39, 0.29) is 17.3 Å². The second kappa shape index (κ2) is 6.44. The number of Topliss-reactive ketones (excluding diaryl/α,β-unsaturated/α-hetero) is 1. The van der Waals surface area contributed by atoms with Gasteiger partial charge in [-0.3, -0.25) is 4.79 Å². The Hall–Kier alpha value is -3.07. The molecule has 0 amide bonds. The highest BCUT2D eigenvalue weighted by Crippen LogP contribution is 2.41. The Kier molecular flexibility index (Phi) is 4.32. The third-order valence-electron chi connectivity index (χ3n) is 4.73. The van der Waals surface area contributed by atoms with Gasteiger partial charge in [-0.05, 0) is 54.8 Å². The van der Waals surface area contributed by atoms with Crippen molar-refractivity contribution in [3.8, 4) is 11.5 Å². The average Bonchev–Trinajstić information content (AvgIpc) is 2.62. The lowest BCUT2D eigenvalue weighted by Gasteiger charge is -2.33. The van der Waals surface area contributed by atoms with Crippen LogP contribution in [-0.2, 0) is 5.41 Å². The van der Waals surface area contributed by atoms with Crippen molar-refractivity contribution in [2.24, 2.45) is 0 Å². The van der Waals surface area contributed by atoms with Crippen LogP contribution < -0.4 is 0 Å². The van der Waals surface area contributed by atoms with Crippen LogP contribution in [0.2, 0.25) is 0 Å². The number of hydrogen-bond acceptors (Lipinski definition) is 3. The molecule has 2 N–H and O–H groups in total. The summed E-state index contributed by atoms with van der Waals surface area (Å²) in [5.41, 5.74) is 2.84. The number of benzene rings is 3. The topological polar surface area (TPSA) is 57.5 Å². The van der Waals surface area contributed by atoms with Gasteiger partial charge in [0.05, 0.1) is 0 Å². The Bertz CT molecular complexity index is 848. The number of ketones is 1. The van der Waals surface area contributed by atoms with Crippen molar-refractivity contribution in [2.45, 2.75) is 19.3 Å². The maximum absolute atomic E-state index is 12.2. The SMILES string of the molecule is CC(=O)c1ccccc1C(C)(c1ccc(O)cc1)c1ccc(O)cc1. The average molecular weight is 332 g/mol. The first-order valence-corrected chi connectivity index (χ1v) is 8.12. The molecule has 3 aromatic rings. The Morgan fingerprint density at radius 3 is 1.64 bits per heavy atom. The number of carbonyl (C=O) groups excluding carboxylic acids is 1. The molecule has 25 heavy (non-hydrogen) atoms. The van der Waals surface area contributed by atoms with Gasteiger partial charge in [0.25, 0.3) is 0 Å². The van der Waals surface area contributed by atoms with E-state index >= 15 is 0 Å². The summed E-state index contributed by atoms with van der Waals surface area (Å²) < 4.78 is 0. The maximum Gasteiger partial charge on any atom is 0.160 e. The molecule has 0 bridgehead atoms. The predicted octanol–water partition coefficient (Wildman–Crippen LogP) is 4.65. The molecule has 0 aliphatic rings. The largest absolute Gasteiger partial charge is 0.508 e. The second-order valence-electron chi connectivity index (χ2n) is 6.32. The van der Waals surface area contributed by atoms with Gasteiger partial charge in [-0.2, -0.15) is 0 Å². The first-order valence-electron chi connectivity index (χ1n) is 8.12. The third kappa shape index (κ3) is 3.01. The van der Waals surface area contributed by atoms with Crippen molar-refractivity contribution in [2.75, 3.05) is 0 Å². The van der Waals surface area contributed by atoms with Gasteiger partial charge in [0.15, 0.2) is 5.78 Å². The highest BCUT2D eigenvalue weighted by Gasteiger charge is 2.33. The predicted molar refractivity (Wildman–Crippen MR) is 98.2 cm³/mol. The van der Waals surface area contributed by atoms with Crippen LogP contribution >= 0.6 is 0 Å². The van der Waals surface area contributed by atoms with Crippen molar-refractivity contribution >= 4 is 5.78 Å². The molecule has 3 heteroatoms. The van der Waals surface area contributed by atoms with Gasteiger partial charge < -0.3 is 10.2 Å². The fourth-order valence-electron chi connectivity index (χ4n) is 3.29. The zero-order valence-corrected chi connectivity index (χ0v) is 14.2. The highest BCUT2D eigenvalue weighted by molar-refractivity contribution is 5.96. The highest BCUT2D eigenvalue weighted by atomic mass is 16.3. The standard InChI is InChI=1S/C22H20O3/c1-15(23)20-5-3-4-6-21(20)22(2,16-7-11-18(24)12-8-16)17-9-13-19(25)14-10-17/h3-14,24-25H,1-2H3. The van der Waals surface area contributed by atoms with Crippen LogP contribution in [0.3, 0.4) is 0 Å². The molecule has 0 aliphatic heterocycles. The molecule has 0 aliphatic carbocycles. The summed E-state index contributed by atoms with van der Waals surface area (Å²) in [7, 11) is 0. The molecule has 3 nitrogen and oxygen atoms in total. The molecular weight excluding hydrogens is 312 g/mol. The van der Waals surface area contributed by atoms with Crippen molar-refractivity contribution in [3.63, 3.8) is 0 Å². The Labute approximate surface area is 147 Å². The molecule has 0 heterocycles. The minimum absolute atomic E-state index is 0.000573. The third-order valence-corrected chi connectivity index (χ3v) is 4.73. The Balaban J connectivity index is 2.32. The smallest absolute Gasteiger partial charge is 0.160 e. The van der Waals surface area contributed by atoms with E-state index in [0.717, 1.165) is 16.7 Å². The summed E-state index contributed by atoms with van der Waals surface area (Å²) >= 11 is 0. The van der Waals surface area contributed by atoms with Gasteiger partial charge in [0, 0.05) is 11.0 Å². The fourth-order valence-corrected chi connectivity index (χ4v) is 3.29. The van der Waals surface area contributed by atoms with Crippen LogP contribution in [0.1, 0.15) is 40.9 Å². The molecule has 0 saturated carbocycles. The minimum atomic E-state index is -0.607. The van der Waals surface area contributed by atoms with Crippen LogP contribution in [-0.4, -0.2) is 16.0 Å². The molecule has 0 spiro atoms. The molecule has 0 fully saturated rings. The second-order valence-corrected chi connectivity index (χ2v) is 6.32. The molecule has 0 atom stereocenters. The molecule has 0 unspecified atom stereocenters. The van der Waals surface area contributed by atoms with E-state index in [1.165, 1.54) is 0 Å². The van der Waals surface area contributed by atoms with Gasteiger partial charge in [0.1, 0.15) is 11.5 Å². The van der Waals surface area contributed by atoms with Gasteiger partial charge in [-0.25, -0.2) is 0 Å². The summed E-state index contributed by atoms with van der Waals surface area (Å²) in [6, 6.07) is 21.6. The first kappa shape index (κ1) is 16.8. The molecule has 126 valence electrons. The van der Waals surface area contributed by atoms with Crippen LogP contribution in [0.5, 0.6) is 11.5 Å². The van der Waals surface area contributed by atoms with E-state index < -0.39 is 5.41 Å². The van der Waals surface area contributed by atoms with Crippen LogP contribution in [0.15, 0.2) is 72.8 Å². The molecule has 0 aromatic heterocycles. The number of hydrogen-bond donors (Lipinski definition) is 2. The fraction of sp³-hybridized carbons (Fsp3) is 0.136. The van der Waals surface area contributed by atoms with Crippen molar-refractivity contribution < 1.29 is 15.0 Å². The number of rotatable bonds is 4. The van der Waals surface area contributed by atoms with Gasteiger partial charge in [-0.1, -0.05) is 48.5 Å². The van der Waals surface area contributed by atoms with Crippen molar-refractivity contribution in [1.82, 2.24) is 0 Å². The first-order chi connectivity index (χ1) is 11.9. The quantitative estimate of drug-likeness (QED) is 0.540. The normalized spacial score (nSPS) is 11.3. The van der Waals surface area contributed by atoms with E-state index in [9.17, 15) is 15.0 Å². The monoisotopic (exact) mass is 332 g/mol. The molecular formula is C22H20O3. The maximum atomic E-state index is 12.2. The van der Waals surface area contributed by atoms with E-state index in [2.05, 4.69) is 0 Å². The zero-order chi connectivity index (χ0) is 18.0. The summed E-state index contributed by atoms with van der Waals surface area (Å²) in [6.45, 7) is 3.61. The van der Waals surface area contributed by atoms with Crippen molar-refractivity contribution in [3.05, 3.63) is 95.1 Å². The summed E-state index contributed by atoms with van der Waals surface area (Å²) in [6.07, 6.45) is 0. The molecule has 0 radical (unpaired) electrons. The molecule has 3 rings (SSSR count). The lowest BCUT2D eigenvalue weighted by atomic mass is 9.69. The Morgan fingerprint density at radius 1 is 0.760 bits per heavy atom.